The van der Waals surface area contributed by atoms with Crippen molar-refractivity contribution in [1.82, 2.24) is 4.57 Å². The van der Waals surface area contributed by atoms with Crippen LogP contribution >= 0.6 is 0 Å². The average Bonchev–Trinajstić information content (AvgIpc) is 3.04. The van der Waals surface area contributed by atoms with Crippen molar-refractivity contribution in [2.45, 2.75) is 20.1 Å². The predicted molar refractivity (Wildman–Crippen MR) is 96.7 cm³/mol. The molecule has 4 nitrogen and oxygen atoms in total. The third kappa shape index (κ3) is 3.29. The fraction of sp³-hybridized carbons (Fsp3) is 0.200. The van der Waals surface area contributed by atoms with Crippen molar-refractivity contribution in [2.24, 2.45) is 0 Å². The van der Waals surface area contributed by atoms with Gasteiger partial charge in [-0.25, -0.2) is 0 Å². The van der Waals surface area contributed by atoms with Crippen LogP contribution in [0, 0.1) is 6.92 Å². The fourth-order valence-electron chi connectivity index (χ4n) is 2.79. The van der Waals surface area contributed by atoms with E-state index in [2.05, 4.69) is 41.1 Å². The zero-order valence-electron chi connectivity index (χ0n) is 14.0. The molecule has 0 aliphatic carbocycles. The molecule has 124 valence electrons. The number of aliphatic hydroxyl groups excluding tert-OH is 1. The maximum atomic E-state index is 9.65. The van der Waals surface area contributed by atoms with Gasteiger partial charge in [-0.05, 0) is 43.3 Å². The van der Waals surface area contributed by atoms with Crippen molar-refractivity contribution >= 4 is 5.69 Å². The molecule has 0 bridgehead atoms. The van der Waals surface area contributed by atoms with Gasteiger partial charge in [-0.2, -0.15) is 0 Å². The minimum Gasteiger partial charge on any atom is -0.495 e. The third-order valence-corrected chi connectivity index (χ3v) is 4.06. The zero-order chi connectivity index (χ0) is 16.9. The topological polar surface area (TPSA) is 46.4 Å². The van der Waals surface area contributed by atoms with Crippen LogP contribution in [0.25, 0.3) is 5.69 Å². The van der Waals surface area contributed by atoms with Crippen LogP contribution in [-0.4, -0.2) is 16.8 Å². The second-order valence-electron chi connectivity index (χ2n) is 5.70. The van der Waals surface area contributed by atoms with Crippen LogP contribution in [0.3, 0.4) is 0 Å². The summed E-state index contributed by atoms with van der Waals surface area (Å²) in [7, 11) is 1.67. The highest BCUT2D eigenvalue weighted by atomic mass is 16.5. The summed E-state index contributed by atoms with van der Waals surface area (Å²) in [6.07, 6.45) is 0. The minimum absolute atomic E-state index is 0.00251. The van der Waals surface area contributed by atoms with E-state index in [1.54, 1.807) is 7.11 Å². The molecule has 0 amide bonds. The van der Waals surface area contributed by atoms with Crippen LogP contribution < -0.4 is 10.1 Å². The van der Waals surface area contributed by atoms with E-state index >= 15 is 0 Å². The van der Waals surface area contributed by atoms with E-state index < -0.39 is 0 Å². The Hall–Kier alpha value is -2.72. The molecule has 0 unspecified atom stereocenters. The number of benzene rings is 2. The van der Waals surface area contributed by atoms with Gasteiger partial charge in [0.1, 0.15) is 5.75 Å². The van der Waals surface area contributed by atoms with Gasteiger partial charge in [0, 0.05) is 17.1 Å². The molecule has 0 saturated heterocycles. The number of aryl methyl sites for hydroxylation is 1. The van der Waals surface area contributed by atoms with Crippen molar-refractivity contribution in [2.75, 3.05) is 12.4 Å². The number of para-hydroxylation sites is 2. The number of aliphatic hydroxyl groups is 1. The first-order valence-corrected chi connectivity index (χ1v) is 7.97. The second-order valence-corrected chi connectivity index (χ2v) is 5.70. The van der Waals surface area contributed by atoms with Crippen molar-refractivity contribution in [1.29, 1.82) is 0 Å². The molecule has 1 heterocycles. The fourth-order valence-corrected chi connectivity index (χ4v) is 2.79. The minimum atomic E-state index is 0.00251. The summed E-state index contributed by atoms with van der Waals surface area (Å²) in [5, 5.41) is 13.1. The Morgan fingerprint density at radius 1 is 0.958 bits per heavy atom. The summed E-state index contributed by atoms with van der Waals surface area (Å²) < 4.78 is 7.46. The Labute approximate surface area is 142 Å². The maximum absolute atomic E-state index is 9.65. The first-order valence-electron chi connectivity index (χ1n) is 7.97. The molecule has 1 aromatic heterocycles. The normalized spacial score (nSPS) is 10.6. The second kappa shape index (κ2) is 7.23. The van der Waals surface area contributed by atoms with E-state index in [1.807, 2.05) is 36.4 Å². The van der Waals surface area contributed by atoms with Gasteiger partial charge in [-0.15, -0.1) is 0 Å². The molecule has 0 atom stereocenters. The van der Waals surface area contributed by atoms with Crippen molar-refractivity contribution < 1.29 is 9.84 Å². The van der Waals surface area contributed by atoms with Crippen LogP contribution in [-0.2, 0) is 13.2 Å². The van der Waals surface area contributed by atoms with E-state index in [0.717, 1.165) is 28.5 Å². The highest BCUT2D eigenvalue weighted by Crippen LogP contribution is 2.25. The number of hydrogen-bond acceptors (Lipinski definition) is 3. The monoisotopic (exact) mass is 322 g/mol. The number of nitrogens with zero attached hydrogens (tertiary/aromatic N) is 1. The molecule has 0 radical (unpaired) electrons. The van der Waals surface area contributed by atoms with Crippen molar-refractivity contribution in [3.05, 3.63) is 77.6 Å². The number of nitrogens with one attached hydrogen (secondary N) is 1. The Morgan fingerprint density at radius 3 is 2.38 bits per heavy atom. The van der Waals surface area contributed by atoms with Gasteiger partial charge >= 0.3 is 0 Å². The summed E-state index contributed by atoms with van der Waals surface area (Å²) in [6, 6.07) is 20.1. The van der Waals surface area contributed by atoms with Gasteiger partial charge in [0.05, 0.1) is 25.9 Å². The Kier molecular flexibility index (Phi) is 4.87. The molecule has 0 saturated carbocycles. The molecule has 2 N–H and O–H groups in total. The van der Waals surface area contributed by atoms with Gasteiger partial charge in [-0.3, -0.25) is 0 Å². The summed E-state index contributed by atoms with van der Waals surface area (Å²) in [5.74, 6) is 0.813. The van der Waals surface area contributed by atoms with Crippen LogP contribution in [0.1, 0.15) is 17.0 Å². The average molecular weight is 322 g/mol. The lowest BCUT2D eigenvalue weighted by Gasteiger charge is -2.15. The Balaban J connectivity index is 1.89. The maximum Gasteiger partial charge on any atom is 0.141 e. The molecule has 3 rings (SSSR count). The lowest BCUT2D eigenvalue weighted by molar-refractivity contribution is 0.274. The van der Waals surface area contributed by atoms with Crippen LogP contribution in [0.5, 0.6) is 5.75 Å². The quantitative estimate of drug-likeness (QED) is 0.723. The number of rotatable bonds is 6. The van der Waals surface area contributed by atoms with Gasteiger partial charge < -0.3 is 19.7 Å². The van der Waals surface area contributed by atoms with Gasteiger partial charge in [0.2, 0.25) is 0 Å². The smallest absolute Gasteiger partial charge is 0.141 e. The van der Waals surface area contributed by atoms with E-state index in [1.165, 1.54) is 5.56 Å². The van der Waals surface area contributed by atoms with Gasteiger partial charge in [0.25, 0.3) is 0 Å². The lowest BCUT2D eigenvalue weighted by atomic mass is 10.2. The lowest BCUT2D eigenvalue weighted by Crippen LogP contribution is -2.09. The number of anilines is 1. The largest absolute Gasteiger partial charge is 0.495 e. The number of hydrogen-bond donors (Lipinski definition) is 2. The van der Waals surface area contributed by atoms with E-state index in [0.29, 0.717) is 6.54 Å². The molecule has 0 fully saturated rings. The number of aromatic nitrogens is 1. The third-order valence-electron chi connectivity index (χ3n) is 4.06. The van der Waals surface area contributed by atoms with E-state index in [4.69, 9.17) is 4.74 Å². The number of ether oxygens (including phenoxy) is 1. The van der Waals surface area contributed by atoms with E-state index in [9.17, 15) is 5.11 Å². The molecular weight excluding hydrogens is 300 g/mol. The number of methoxy groups -OCH3 is 1. The van der Waals surface area contributed by atoms with Crippen molar-refractivity contribution in [3.63, 3.8) is 0 Å². The van der Waals surface area contributed by atoms with Gasteiger partial charge in [-0.1, -0.05) is 29.8 Å². The van der Waals surface area contributed by atoms with Gasteiger partial charge in [0.15, 0.2) is 0 Å². The summed E-state index contributed by atoms with van der Waals surface area (Å²) in [5.41, 5.74) is 5.16. The van der Waals surface area contributed by atoms with E-state index in [-0.39, 0.29) is 6.61 Å². The molecule has 0 aliphatic heterocycles. The SMILES string of the molecule is COc1ccccc1NCc1ccc(CO)n1-c1ccc(C)cc1. The molecule has 4 heteroatoms. The molecule has 2 aromatic carbocycles. The highest BCUT2D eigenvalue weighted by molar-refractivity contribution is 5.56. The molecular formula is C20H22N2O2. The van der Waals surface area contributed by atoms with Crippen LogP contribution in [0.2, 0.25) is 0 Å². The first-order chi connectivity index (χ1) is 11.7. The van der Waals surface area contributed by atoms with Crippen molar-refractivity contribution in [3.8, 4) is 11.4 Å². The van der Waals surface area contributed by atoms with Crippen LogP contribution in [0.15, 0.2) is 60.7 Å². The molecule has 0 spiro atoms. The first kappa shape index (κ1) is 16.1. The summed E-state index contributed by atoms with van der Waals surface area (Å²) in [4.78, 5) is 0. The summed E-state index contributed by atoms with van der Waals surface area (Å²) in [6.45, 7) is 2.70. The molecule has 3 aromatic rings. The van der Waals surface area contributed by atoms with Crippen LogP contribution in [0.4, 0.5) is 5.69 Å². The summed E-state index contributed by atoms with van der Waals surface area (Å²) >= 11 is 0. The Bertz CT molecular complexity index is 807. The predicted octanol–water partition coefficient (Wildman–Crippen LogP) is 3.90. The Morgan fingerprint density at radius 2 is 1.67 bits per heavy atom. The molecule has 0 aliphatic rings. The highest BCUT2D eigenvalue weighted by Gasteiger charge is 2.10. The zero-order valence-corrected chi connectivity index (χ0v) is 14.0. The molecule has 24 heavy (non-hydrogen) atoms. The standard InChI is InChI=1S/C20H22N2O2/c1-15-7-9-16(10-8-15)22-17(11-12-18(22)14-23)13-21-19-5-3-4-6-20(19)24-2/h3-12,21,23H,13-14H2,1-2H3.